The minimum absolute atomic E-state index is 0. The van der Waals surface area contributed by atoms with E-state index in [2.05, 4.69) is 15.5 Å². The summed E-state index contributed by atoms with van der Waals surface area (Å²) >= 11 is 2.24. The number of thiazole rings is 1. The van der Waals surface area contributed by atoms with Gasteiger partial charge in [-0.05, 0) is 12.1 Å². The number of amides is 2. The number of ether oxygens (including phenoxy) is 1. The number of carbonyl (C=O) groups excluding carboxylic acids is 3. The molecule has 2 atom stereocenters. The Hall–Kier alpha value is -2.65. The number of nitrogens with zero attached hydrogens (tertiary/aromatic N) is 3. The van der Waals surface area contributed by atoms with E-state index in [-0.39, 0.29) is 69.8 Å². The molecule has 34 heavy (non-hydrogen) atoms. The molecule has 2 aromatic rings. The SMILES string of the molecule is Nc1nc(C(=NO)C(=O)NC2C(=O)N3C(C(=O)[O-])=C(COc4cccc(F)c4)CS[C@@H]23)cs1.[Na+]. The summed E-state index contributed by atoms with van der Waals surface area (Å²) in [5.74, 6) is -3.28. The molecule has 0 aliphatic carbocycles. The van der Waals surface area contributed by atoms with Crippen molar-refractivity contribution in [2.75, 3.05) is 18.1 Å². The molecule has 172 valence electrons. The molecule has 4 rings (SSSR count). The Balaban J connectivity index is 0.00000324. The van der Waals surface area contributed by atoms with Gasteiger partial charge in [-0.3, -0.25) is 14.5 Å². The van der Waals surface area contributed by atoms with Gasteiger partial charge < -0.3 is 30.9 Å². The Labute approximate surface area is 222 Å². The fourth-order valence-corrected chi connectivity index (χ4v) is 5.20. The van der Waals surface area contributed by atoms with Crippen LogP contribution in [0.25, 0.3) is 0 Å². The smallest absolute Gasteiger partial charge is 0.543 e. The molecule has 4 N–H and O–H groups in total. The van der Waals surface area contributed by atoms with Crippen LogP contribution in [0.3, 0.4) is 0 Å². The topological polar surface area (TPSA) is 170 Å². The molecular weight excluding hydrogens is 500 g/mol. The van der Waals surface area contributed by atoms with Crippen LogP contribution in [0.2, 0.25) is 0 Å². The number of nitrogens with two attached hydrogens (primary N) is 1. The van der Waals surface area contributed by atoms with Crippen molar-refractivity contribution in [3.8, 4) is 5.75 Å². The first-order chi connectivity index (χ1) is 15.8. The number of hydrogen-bond donors (Lipinski definition) is 3. The van der Waals surface area contributed by atoms with E-state index in [4.69, 9.17) is 10.5 Å². The van der Waals surface area contributed by atoms with Crippen LogP contribution in [0.15, 0.2) is 46.1 Å². The number of β-lactam (4-membered cyclic amide) rings is 1. The molecule has 1 aromatic carbocycles. The third-order valence-corrected chi connectivity index (χ3v) is 6.83. The van der Waals surface area contributed by atoms with Crippen molar-refractivity contribution in [1.82, 2.24) is 15.2 Å². The summed E-state index contributed by atoms with van der Waals surface area (Å²) in [4.78, 5) is 41.9. The number of nitrogens with one attached hydrogen (secondary N) is 1. The van der Waals surface area contributed by atoms with E-state index in [1.807, 2.05) is 0 Å². The number of carboxylic acids is 1. The average molecular weight is 515 g/mol. The van der Waals surface area contributed by atoms with E-state index in [1.165, 1.54) is 35.3 Å². The third-order valence-electron chi connectivity index (χ3n) is 4.82. The van der Waals surface area contributed by atoms with Crippen molar-refractivity contribution in [1.29, 1.82) is 0 Å². The average Bonchev–Trinajstić information content (AvgIpc) is 3.21. The molecule has 0 bridgehead atoms. The molecule has 2 aliphatic heterocycles. The molecule has 0 radical (unpaired) electrons. The molecule has 2 aliphatic rings. The van der Waals surface area contributed by atoms with E-state index < -0.39 is 40.7 Å². The number of aliphatic carboxylic acids is 1. The maximum absolute atomic E-state index is 13.3. The molecule has 0 spiro atoms. The maximum Gasteiger partial charge on any atom is 1.00 e. The predicted octanol–water partition coefficient (Wildman–Crippen LogP) is -3.47. The Morgan fingerprint density at radius 2 is 2.21 bits per heavy atom. The molecular formula is C19H15FN5NaO6S2. The minimum Gasteiger partial charge on any atom is -0.543 e. The number of benzene rings is 1. The molecule has 1 fully saturated rings. The summed E-state index contributed by atoms with van der Waals surface area (Å²) in [6.07, 6.45) is 0. The molecule has 15 heteroatoms. The second-order valence-electron chi connectivity index (χ2n) is 6.87. The Morgan fingerprint density at radius 3 is 2.82 bits per heavy atom. The van der Waals surface area contributed by atoms with Crippen LogP contribution < -0.4 is 50.5 Å². The maximum atomic E-state index is 13.3. The monoisotopic (exact) mass is 515 g/mol. The van der Waals surface area contributed by atoms with Gasteiger partial charge in [0.25, 0.3) is 11.8 Å². The largest absolute Gasteiger partial charge is 1.00 e. The van der Waals surface area contributed by atoms with Crippen molar-refractivity contribution in [3.63, 3.8) is 0 Å². The van der Waals surface area contributed by atoms with Crippen LogP contribution in [0.4, 0.5) is 9.52 Å². The Morgan fingerprint density at radius 1 is 1.44 bits per heavy atom. The molecule has 0 saturated carbocycles. The molecule has 1 saturated heterocycles. The van der Waals surface area contributed by atoms with Crippen molar-refractivity contribution < 1.29 is 63.4 Å². The van der Waals surface area contributed by atoms with Gasteiger partial charge in [-0.2, -0.15) is 0 Å². The van der Waals surface area contributed by atoms with Crippen LogP contribution in [-0.2, 0) is 14.4 Å². The summed E-state index contributed by atoms with van der Waals surface area (Å²) < 4.78 is 18.8. The summed E-state index contributed by atoms with van der Waals surface area (Å²) in [6.45, 7) is -0.195. The van der Waals surface area contributed by atoms with E-state index in [0.717, 1.165) is 22.3 Å². The summed E-state index contributed by atoms with van der Waals surface area (Å²) in [5.41, 5.74) is 5.04. The number of fused-ring (bicyclic) bond motifs is 1. The van der Waals surface area contributed by atoms with Crippen molar-refractivity contribution in [3.05, 3.63) is 52.4 Å². The predicted molar refractivity (Wildman–Crippen MR) is 114 cm³/mol. The van der Waals surface area contributed by atoms with Gasteiger partial charge in [0, 0.05) is 22.8 Å². The van der Waals surface area contributed by atoms with Crippen molar-refractivity contribution in [2.45, 2.75) is 11.4 Å². The van der Waals surface area contributed by atoms with Gasteiger partial charge >= 0.3 is 29.6 Å². The normalized spacial score (nSPS) is 19.6. The van der Waals surface area contributed by atoms with Crippen molar-refractivity contribution >= 4 is 51.7 Å². The van der Waals surface area contributed by atoms with Gasteiger partial charge in [-0.25, -0.2) is 9.37 Å². The zero-order chi connectivity index (χ0) is 23.7. The van der Waals surface area contributed by atoms with Crippen LogP contribution in [0.5, 0.6) is 5.75 Å². The van der Waals surface area contributed by atoms with Gasteiger partial charge in [-0.1, -0.05) is 11.2 Å². The van der Waals surface area contributed by atoms with Crippen LogP contribution in [0.1, 0.15) is 5.69 Å². The standard InChI is InChI=1S/C19H16FN5O6S2.Na/c20-9-2-1-3-10(4-9)31-5-8-6-32-17-13(16(27)25(17)14(8)18(28)29)23-15(26)12(24-30)11-7-33-19(21)22-11;/h1-4,7,13,17,30H,5-6H2,(H2,21,22)(H,23,26)(H,28,29);/q;+1/p-1/t13?,17-;/m0./s1. The number of halogens is 1. The van der Waals surface area contributed by atoms with Crippen LogP contribution in [0, 0.1) is 5.82 Å². The number of hydrogen-bond acceptors (Lipinski definition) is 11. The zero-order valence-electron chi connectivity index (χ0n) is 17.6. The first-order valence-electron chi connectivity index (χ1n) is 9.31. The van der Waals surface area contributed by atoms with E-state index >= 15 is 0 Å². The van der Waals surface area contributed by atoms with Crippen LogP contribution >= 0.6 is 23.1 Å². The summed E-state index contributed by atoms with van der Waals surface area (Å²) in [7, 11) is 0. The Kier molecular flexibility index (Phi) is 8.20. The molecule has 11 nitrogen and oxygen atoms in total. The van der Waals surface area contributed by atoms with Gasteiger partial charge in [0.05, 0.1) is 11.7 Å². The third kappa shape index (κ3) is 5.05. The number of aromatic nitrogens is 1. The number of nitrogen functional groups attached to an aromatic ring is 1. The molecule has 3 heterocycles. The van der Waals surface area contributed by atoms with Crippen LogP contribution in [-0.4, -0.2) is 62.4 Å². The second kappa shape index (κ2) is 10.7. The van der Waals surface area contributed by atoms with E-state index in [9.17, 15) is 29.1 Å². The summed E-state index contributed by atoms with van der Waals surface area (Å²) in [5, 5.41) is 27.2. The zero-order valence-corrected chi connectivity index (χ0v) is 21.2. The Bertz CT molecular complexity index is 1210. The fraction of sp³-hybridized carbons (Fsp3) is 0.211. The molecule has 1 aromatic heterocycles. The van der Waals surface area contributed by atoms with Gasteiger partial charge in [0.1, 0.15) is 35.3 Å². The number of carboxylic acid groups (broad SMARTS) is 1. The van der Waals surface area contributed by atoms with E-state index in [0.29, 0.717) is 0 Å². The van der Waals surface area contributed by atoms with Crippen molar-refractivity contribution in [2.24, 2.45) is 5.16 Å². The number of oxime groups is 1. The first kappa shape index (κ1) is 26.0. The number of thioether (sulfide) groups is 1. The quantitative estimate of drug-likeness (QED) is 0.111. The minimum atomic E-state index is -1.58. The molecule has 2 amide bonds. The number of carbonyl (C=O) groups is 3. The number of anilines is 1. The summed E-state index contributed by atoms with van der Waals surface area (Å²) in [6, 6.07) is 4.28. The fourth-order valence-electron chi connectivity index (χ4n) is 3.33. The molecule has 1 unspecified atom stereocenters. The van der Waals surface area contributed by atoms with E-state index in [1.54, 1.807) is 0 Å². The van der Waals surface area contributed by atoms with Gasteiger partial charge in [0.15, 0.2) is 10.8 Å². The number of rotatable bonds is 7. The van der Waals surface area contributed by atoms with Gasteiger partial charge in [-0.15, -0.1) is 23.1 Å². The van der Waals surface area contributed by atoms with Gasteiger partial charge in [0.2, 0.25) is 0 Å². The first-order valence-corrected chi connectivity index (χ1v) is 11.2. The second-order valence-corrected chi connectivity index (χ2v) is 8.86.